The smallest absolute Gasteiger partial charge is 0.149 e. The largest absolute Gasteiger partial charge is 0.298 e. The van der Waals surface area contributed by atoms with Gasteiger partial charge in [0.15, 0.2) is 0 Å². The number of thioether (sulfide) groups is 1. The average Bonchev–Trinajstić information content (AvgIpc) is 2.59. The Bertz CT molecular complexity index is 212. The van der Waals surface area contributed by atoms with Crippen LogP contribution in [-0.4, -0.2) is 41.3 Å². The molecule has 1 heterocycles. The zero-order valence-electron chi connectivity index (χ0n) is 9.41. The molecule has 2 fully saturated rings. The summed E-state index contributed by atoms with van der Waals surface area (Å²) in [6.07, 6.45) is 6.83. The van der Waals surface area contributed by atoms with Gasteiger partial charge in [-0.15, -0.1) is 0 Å². The fourth-order valence-corrected chi connectivity index (χ4v) is 3.51. The molecular weight excluding hydrogens is 206 g/mol. The monoisotopic (exact) mass is 227 g/mol. The van der Waals surface area contributed by atoms with Gasteiger partial charge in [0.25, 0.3) is 0 Å². The maximum Gasteiger partial charge on any atom is 0.149 e. The zero-order chi connectivity index (χ0) is 10.5. The quantitative estimate of drug-likeness (QED) is 0.641. The summed E-state index contributed by atoms with van der Waals surface area (Å²) in [5.74, 6) is 3.00. The molecule has 0 radical (unpaired) electrons. The van der Waals surface area contributed by atoms with Gasteiger partial charge in [-0.05, 0) is 31.6 Å². The lowest BCUT2D eigenvalue weighted by atomic mass is 10.1. The molecule has 0 amide bonds. The fraction of sp³-hybridized carbons (Fsp3) is 0.917. The lowest BCUT2D eigenvalue weighted by Gasteiger charge is -2.28. The molecule has 0 bridgehead atoms. The molecule has 86 valence electrons. The Labute approximate surface area is 96.8 Å². The number of carbonyl (C=O) groups is 1. The Kier molecular flexibility index (Phi) is 4.51. The number of carbonyl (C=O) groups excluding carboxylic acids is 1. The molecule has 1 unspecified atom stereocenters. The highest BCUT2D eigenvalue weighted by molar-refractivity contribution is 7.99. The lowest BCUT2D eigenvalue weighted by molar-refractivity contribution is -0.124. The van der Waals surface area contributed by atoms with E-state index in [2.05, 4.69) is 4.90 Å². The summed E-state index contributed by atoms with van der Waals surface area (Å²) in [4.78, 5) is 14.4. The lowest BCUT2D eigenvalue weighted by Crippen LogP contribution is -2.41. The van der Waals surface area contributed by atoms with Crippen LogP contribution in [0.1, 0.15) is 38.5 Å². The Balaban J connectivity index is 1.95. The Hall–Kier alpha value is -0.0200. The van der Waals surface area contributed by atoms with E-state index in [4.69, 9.17) is 0 Å². The van der Waals surface area contributed by atoms with Gasteiger partial charge in [0.2, 0.25) is 0 Å². The number of rotatable bonds is 1. The zero-order valence-corrected chi connectivity index (χ0v) is 10.2. The van der Waals surface area contributed by atoms with Crippen LogP contribution in [0.5, 0.6) is 0 Å². The standard InChI is InChI=1S/C12H21NOS/c14-12-6-3-1-2-5-11(12)13-7-4-9-15-10-8-13/h11H,1-10H2. The Morgan fingerprint density at radius 2 is 2.00 bits per heavy atom. The van der Waals surface area contributed by atoms with Crippen LogP contribution in [0.3, 0.4) is 0 Å². The van der Waals surface area contributed by atoms with E-state index in [0.29, 0.717) is 5.78 Å². The molecular formula is C12H21NOS. The summed E-state index contributed by atoms with van der Waals surface area (Å²) < 4.78 is 0. The van der Waals surface area contributed by atoms with Crippen molar-refractivity contribution in [2.75, 3.05) is 24.6 Å². The van der Waals surface area contributed by atoms with Crippen LogP contribution in [0, 0.1) is 0 Å². The van der Waals surface area contributed by atoms with Gasteiger partial charge in [-0.3, -0.25) is 9.69 Å². The molecule has 15 heavy (non-hydrogen) atoms. The van der Waals surface area contributed by atoms with Gasteiger partial charge in [0.1, 0.15) is 5.78 Å². The molecule has 0 spiro atoms. The van der Waals surface area contributed by atoms with Gasteiger partial charge >= 0.3 is 0 Å². The molecule has 1 aliphatic heterocycles. The molecule has 2 nitrogen and oxygen atoms in total. The van der Waals surface area contributed by atoms with Crippen molar-refractivity contribution in [3.63, 3.8) is 0 Å². The summed E-state index contributed by atoms with van der Waals surface area (Å²) in [5.41, 5.74) is 0. The van der Waals surface area contributed by atoms with Crippen LogP contribution >= 0.6 is 11.8 Å². The highest BCUT2D eigenvalue weighted by Gasteiger charge is 2.27. The topological polar surface area (TPSA) is 20.3 Å². The van der Waals surface area contributed by atoms with Gasteiger partial charge in [-0.2, -0.15) is 11.8 Å². The van der Waals surface area contributed by atoms with Crippen LogP contribution in [-0.2, 0) is 4.79 Å². The van der Waals surface area contributed by atoms with E-state index in [1.807, 2.05) is 11.8 Å². The van der Waals surface area contributed by atoms with E-state index in [9.17, 15) is 4.79 Å². The van der Waals surface area contributed by atoms with E-state index >= 15 is 0 Å². The summed E-state index contributed by atoms with van der Waals surface area (Å²) in [6.45, 7) is 2.27. The number of hydrogen-bond acceptors (Lipinski definition) is 3. The predicted octanol–water partition coefficient (Wildman–Crippen LogP) is 2.33. The maximum absolute atomic E-state index is 12.0. The van der Waals surface area contributed by atoms with Crippen molar-refractivity contribution in [2.24, 2.45) is 0 Å². The van der Waals surface area contributed by atoms with E-state index in [1.54, 1.807) is 0 Å². The molecule has 2 rings (SSSR count). The first-order valence-electron chi connectivity index (χ1n) is 6.22. The van der Waals surface area contributed by atoms with Crippen molar-refractivity contribution in [1.82, 2.24) is 4.90 Å². The fourth-order valence-electron chi connectivity index (χ4n) is 2.60. The Morgan fingerprint density at radius 1 is 1.07 bits per heavy atom. The van der Waals surface area contributed by atoms with Crippen LogP contribution in [0.15, 0.2) is 0 Å². The minimum atomic E-state index is 0.270. The van der Waals surface area contributed by atoms with Gasteiger partial charge in [0, 0.05) is 18.7 Å². The van der Waals surface area contributed by atoms with Gasteiger partial charge in [0.05, 0.1) is 6.04 Å². The second kappa shape index (κ2) is 5.90. The van der Waals surface area contributed by atoms with Crippen molar-refractivity contribution >= 4 is 17.5 Å². The summed E-state index contributed by atoms with van der Waals surface area (Å²) in [5, 5.41) is 0. The minimum Gasteiger partial charge on any atom is -0.298 e. The number of ketones is 1. The van der Waals surface area contributed by atoms with E-state index in [1.165, 1.54) is 30.8 Å². The molecule has 1 atom stereocenters. The average molecular weight is 227 g/mol. The van der Waals surface area contributed by atoms with Gasteiger partial charge in [-0.1, -0.05) is 12.8 Å². The third-order valence-electron chi connectivity index (χ3n) is 3.47. The van der Waals surface area contributed by atoms with Crippen molar-refractivity contribution in [3.8, 4) is 0 Å². The molecule has 3 heteroatoms. The second-order valence-electron chi connectivity index (χ2n) is 4.58. The molecule has 0 aromatic heterocycles. The van der Waals surface area contributed by atoms with Crippen LogP contribution in [0.2, 0.25) is 0 Å². The third kappa shape index (κ3) is 3.22. The van der Waals surface area contributed by atoms with Crippen LogP contribution in [0.4, 0.5) is 0 Å². The normalized spacial score (nSPS) is 30.9. The van der Waals surface area contributed by atoms with E-state index < -0.39 is 0 Å². The molecule has 0 aromatic rings. The highest BCUT2D eigenvalue weighted by atomic mass is 32.2. The molecule has 1 saturated heterocycles. The molecule has 2 aliphatic rings. The number of nitrogens with zero attached hydrogens (tertiary/aromatic N) is 1. The summed E-state index contributed by atoms with van der Waals surface area (Å²) in [6, 6.07) is 0.270. The van der Waals surface area contributed by atoms with Crippen LogP contribution < -0.4 is 0 Å². The van der Waals surface area contributed by atoms with Crippen molar-refractivity contribution in [3.05, 3.63) is 0 Å². The van der Waals surface area contributed by atoms with Gasteiger partial charge in [-0.25, -0.2) is 0 Å². The van der Waals surface area contributed by atoms with Crippen LogP contribution in [0.25, 0.3) is 0 Å². The number of hydrogen-bond donors (Lipinski definition) is 0. The maximum atomic E-state index is 12.0. The third-order valence-corrected chi connectivity index (χ3v) is 4.52. The predicted molar refractivity (Wildman–Crippen MR) is 65.4 cm³/mol. The molecule has 0 N–H and O–H groups in total. The first-order chi connectivity index (χ1) is 7.38. The molecule has 0 aromatic carbocycles. The first kappa shape index (κ1) is 11.5. The number of Topliss-reactive ketones (excluding diaryl/α,β-unsaturated/α-hetero) is 1. The first-order valence-corrected chi connectivity index (χ1v) is 7.38. The summed E-state index contributed by atoms with van der Waals surface area (Å²) >= 11 is 2.04. The molecule has 1 saturated carbocycles. The second-order valence-corrected chi connectivity index (χ2v) is 5.81. The highest BCUT2D eigenvalue weighted by Crippen LogP contribution is 2.21. The molecule has 1 aliphatic carbocycles. The van der Waals surface area contributed by atoms with E-state index in [0.717, 1.165) is 32.4 Å². The minimum absolute atomic E-state index is 0.270. The summed E-state index contributed by atoms with van der Waals surface area (Å²) in [7, 11) is 0. The van der Waals surface area contributed by atoms with E-state index in [-0.39, 0.29) is 6.04 Å². The van der Waals surface area contributed by atoms with Gasteiger partial charge < -0.3 is 0 Å². The van der Waals surface area contributed by atoms with Crippen molar-refractivity contribution < 1.29 is 4.79 Å². The Morgan fingerprint density at radius 3 is 2.93 bits per heavy atom. The van der Waals surface area contributed by atoms with Crippen molar-refractivity contribution in [2.45, 2.75) is 44.6 Å². The van der Waals surface area contributed by atoms with Crippen molar-refractivity contribution in [1.29, 1.82) is 0 Å². The SMILES string of the molecule is O=C1CCCCCC1N1CCCSCC1.